The summed E-state index contributed by atoms with van der Waals surface area (Å²) in [6, 6.07) is 5.35. The molecule has 1 aromatic heterocycles. The van der Waals surface area contributed by atoms with Crippen molar-refractivity contribution in [1.29, 1.82) is 5.26 Å². The zero-order valence-electron chi connectivity index (χ0n) is 19.8. The molecule has 35 heavy (non-hydrogen) atoms. The van der Waals surface area contributed by atoms with Crippen LogP contribution in [0.5, 0.6) is 0 Å². The summed E-state index contributed by atoms with van der Waals surface area (Å²) in [5, 5.41) is 19.9. The van der Waals surface area contributed by atoms with Gasteiger partial charge in [-0.25, -0.2) is 14.4 Å². The number of piperazine rings is 1. The lowest BCUT2D eigenvalue weighted by molar-refractivity contribution is -0.127. The Hall–Kier alpha value is -3.54. The molecule has 2 aromatic rings. The molecule has 0 aliphatic carbocycles. The van der Waals surface area contributed by atoms with E-state index in [4.69, 9.17) is 11.6 Å². The molecule has 9 heteroatoms. The topological polar surface area (TPSA) is 93.4 Å². The van der Waals surface area contributed by atoms with Crippen molar-refractivity contribution >= 4 is 39.8 Å². The average Bonchev–Trinajstić information content (AvgIpc) is 2.87. The molecule has 0 atom stereocenters. The number of anilines is 1. The Labute approximate surface area is 209 Å². The predicted molar refractivity (Wildman–Crippen MR) is 136 cm³/mol. The van der Waals surface area contributed by atoms with Crippen LogP contribution in [-0.4, -0.2) is 58.7 Å². The number of carbonyl (C=O) groups excluding carboxylic acids is 1. The van der Waals surface area contributed by atoms with Gasteiger partial charge < -0.3 is 14.9 Å². The Balaban J connectivity index is 1.87. The summed E-state index contributed by atoms with van der Waals surface area (Å²) >= 11 is 6.50. The first-order chi connectivity index (χ1) is 16.6. The molecule has 1 saturated heterocycles. The van der Waals surface area contributed by atoms with Gasteiger partial charge in [0.15, 0.2) is 0 Å². The Morgan fingerprint density at radius 2 is 1.94 bits per heavy atom. The predicted octanol–water partition coefficient (Wildman–Crippen LogP) is 4.45. The third kappa shape index (κ3) is 5.59. The standard InChI is InChI=1S/C26H27ClFN5O2/c1-5-18(22(28)6-2)19-12-23-20(11-21(19)27)24(31-16-30-23)32-7-9-33(10-8-32)25(35)17(14-29)13-26(3,4)15-34/h5-6,11-13,16,34H,1-2,7-10,15H2,3-4H3/b17-13+,22-18-. The molecule has 1 amide bonds. The fourth-order valence-corrected chi connectivity index (χ4v) is 4.10. The second-order valence-electron chi connectivity index (χ2n) is 8.81. The van der Waals surface area contributed by atoms with E-state index in [9.17, 15) is 19.6 Å². The molecule has 0 unspecified atom stereocenters. The molecule has 0 spiro atoms. The first-order valence-electron chi connectivity index (χ1n) is 11.0. The van der Waals surface area contributed by atoms with Gasteiger partial charge in [-0.15, -0.1) is 0 Å². The maximum Gasteiger partial charge on any atom is 0.264 e. The number of nitrogens with zero attached hydrogens (tertiary/aromatic N) is 5. The number of aromatic nitrogens is 2. The van der Waals surface area contributed by atoms with E-state index in [0.29, 0.717) is 53.5 Å². The van der Waals surface area contributed by atoms with Crippen LogP contribution in [0.15, 0.2) is 61.2 Å². The highest BCUT2D eigenvalue weighted by atomic mass is 35.5. The number of aliphatic hydroxyl groups is 1. The van der Waals surface area contributed by atoms with Crippen molar-refractivity contribution in [3.05, 3.63) is 71.8 Å². The molecule has 1 N–H and O–H groups in total. The largest absolute Gasteiger partial charge is 0.395 e. The summed E-state index contributed by atoms with van der Waals surface area (Å²) < 4.78 is 14.3. The van der Waals surface area contributed by atoms with Crippen molar-refractivity contribution < 1.29 is 14.3 Å². The van der Waals surface area contributed by atoms with E-state index in [1.54, 1.807) is 30.9 Å². The van der Waals surface area contributed by atoms with Crippen molar-refractivity contribution in [2.75, 3.05) is 37.7 Å². The molecule has 7 nitrogen and oxygen atoms in total. The molecule has 3 rings (SSSR count). The molecule has 1 fully saturated rings. The maximum atomic E-state index is 14.3. The number of hydrogen-bond acceptors (Lipinski definition) is 6. The lowest BCUT2D eigenvalue weighted by atomic mass is 9.91. The number of benzene rings is 1. The van der Waals surface area contributed by atoms with Gasteiger partial charge in [-0.2, -0.15) is 5.26 Å². The summed E-state index contributed by atoms with van der Waals surface area (Å²) in [7, 11) is 0. The molecule has 0 radical (unpaired) electrons. The first-order valence-corrected chi connectivity index (χ1v) is 11.4. The van der Waals surface area contributed by atoms with E-state index >= 15 is 0 Å². The van der Waals surface area contributed by atoms with Gasteiger partial charge in [0.05, 0.1) is 12.1 Å². The van der Waals surface area contributed by atoms with Crippen molar-refractivity contribution in [2.45, 2.75) is 13.8 Å². The maximum absolute atomic E-state index is 14.3. The molecule has 182 valence electrons. The number of rotatable bonds is 7. The van der Waals surface area contributed by atoms with Crippen LogP contribution in [0, 0.1) is 16.7 Å². The van der Waals surface area contributed by atoms with Crippen LogP contribution in [0.25, 0.3) is 16.5 Å². The normalized spacial score (nSPS) is 15.5. The van der Waals surface area contributed by atoms with Crippen LogP contribution in [0.2, 0.25) is 5.02 Å². The Bertz CT molecular complexity index is 1270. The second-order valence-corrected chi connectivity index (χ2v) is 9.22. The summed E-state index contributed by atoms with van der Waals surface area (Å²) in [6.07, 6.45) is 5.43. The van der Waals surface area contributed by atoms with Crippen molar-refractivity contribution in [1.82, 2.24) is 14.9 Å². The highest BCUT2D eigenvalue weighted by molar-refractivity contribution is 6.33. The van der Waals surface area contributed by atoms with Gasteiger partial charge in [0.1, 0.15) is 29.6 Å². The fourth-order valence-electron chi connectivity index (χ4n) is 3.84. The van der Waals surface area contributed by atoms with Gasteiger partial charge in [-0.3, -0.25) is 4.79 Å². The third-order valence-electron chi connectivity index (χ3n) is 5.79. The van der Waals surface area contributed by atoms with Gasteiger partial charge in [0, 0.05) is 53.1 Å². The SMILES string of the molecule is C=C/C(F)=C(\C=C)c1cc2ncnc(N3CCN(C(=O)/C(C#N)=C/C(C)(C)CO)CC3)c2cc1Cl. The minimum Gasteiger partial charge on any atom is -0.395 e. The zero-order chi connectivity index (χ0) is 25.8. The third-order valence-corrected chi connectivity index (χ3v) is 6.11. The first kappa shape index (κ1) is 26.1. The van der Waals surface area contributed by atoms with Crippen LogP contribution < -0.4 is 4.90 Å². The van der Waals surface area contributed by atoms with E-state index in [1.165, 1.54) is 18.5 Å². The molecule has 1 aliphatic rings. The number of nitriles is 1. The minimum atomic E-state index is -0.671. The van der Waals surface area contributed by atoms with E-state index in [1.807, 2.05) is 11.0 Å². The molecular formula is C26H27ClFN5O2. The van der Waals surface area contributed by atoms with Crippen LogP contribution in [0.1, 0.15) is 19.4 Å². The summed E-state index contributed by atoms with van der Waals surface area (Å²) in [4.78, 5) is 25.3. The fraction of sp³-hybridized carbons (Fsp3) is 0.308. The van der Waals surface area contributed by atoms with E-state index in [2.05, 4.69) is 23.1 Å². The van der Waals surface area contributed by atoms with Crippen LogP contribution >= 0.6 is 11.6 Å². The molecule has 2 heterocycles. The number of halogens is 2. The average molecular weight is 496 g/mol. The molecular weight excluding hydrogens is 469 g/mol. The number of carbonyl (C=O) groups is 1. The molecule has 0 saturated carbocycles. The van der Waals surface area contributed by atoms with Crippen LogP contribution in [0.3, 0.4) is 0 Å². The lowest BCUT2D eigenvalue weighted by Crippen LogP contribution is -2.49. The number of allylic oxidation sites excluding steroid dienone is 4. The van der Waals surface area contributed by atoms with Crippen molar-refractivity contribution in [3.8, 4) is 6.07 Å². The summed E-state index contributed by atoms with van der Waals surface area (Å²) in [5.41, 5.74) is 0.612. The van der Waals surface area contributed by atoms with Gasteiger partial charge in [0.2, 0.25) is 0 Å². The highest BCUT2D eigenvalue weighted by Gasteiger charge is 2.27. The summed E-state index contributed by atoms with van der Waals surface area (Å²) in [6.45, 7) is 12.2. The second kappa shape index (κ2) is 10.8. The van der Waals surface area contributed by atoms with Crippen molar-refractivity contribution in [3.63, 3.8) is 0 Å². The van der Waals surface area contributed by atoms with Crippen molar-refractivity contribution in [2.24, 2.45) is 5.41 Å². The number of amides is 1. The number of aliphatic hydroxyl groups excluding tert-OH is 1. The van der Waals surface area contributed by atoms with Gasteiger partial charge in [-0.05, 0) is 18.2 Å². The molecule has 0 bridgehead atoms. The van der Waals surface area contributed by atoms with Gasteiger partial charge in [0.25, 0.3) is 5.91 Å². The van der Waals surface area contributed by atoms with Crippen LogP contribution in [0.4, 0.5) is 10.2 Å². The quantitative estimate of drug-likeness (QED) is 0.346. The smallest absolute Gasteiger partial charge is 0.264 e. The zero-order valence-corrected chi connectivity index (χ0v) is 20.5. The molecule has 1 aliphatic heterocycles. The lowest BCUT2D eigenvalue weighted by Gasteiger charge is -2.36. The Morgan fingerprint density at radius 3 is 2.51 bits per heavy atom. The van der Waals surface area contributed by atoms with Crippen LogP contribution in [-0.2, 0) is 4.79 Å². The van der Waals surface area contributed by atoms with E-state index in [-0.39, 0.29) is 23.7 Å². The Kier molecular flexibility index (Phi) is 8.05. The minimum absolute atomic E-state index is 0.0159. The van der Waals surface area contributed by atoms with E-state index in [0.717, 1.165) is 6.08 Å². The molecule has 1 aromatic carbocycles. The monoisotopic (exact) mass is 495 g/mol. The Morgan fingerprint density at radius 1 is 1.26 bits per heavy atom. The number of hydrogen-bond donors (Lipinski definition) is 1. The number of fused-ring (bicyclic) bond motifs is 1. The van der Waals surface area contributed by atoms with E-state index < -0.39 is 11.2 Å². The highest BCUT2D eigenvalue weighted by Crippen LogP contribution is 2.34. The van der Waals surface area contributed by atoms with Gasteiger partial charge >= 0.3 is 0 Å². The van der Waals surface area contributed by atoms with Gasteiger partial charge in [-0.1, -0.05) is 50.8 Å². The summed E-state index contributed by atoms with van der Waals surface area (Å²) in [5.74, 6) is -0.243.